The molecule has 0 bridgehead atoms. The Morgan fingerprint density at radius 1 is 0.744 bits per heavy atom. The lowest BCUT2D eigenvalue weighted by molar-refractivity contribution is -0.139. The standard InChI is InChI=1S/C34H46BrNO3/c1-3-4-5-6-7-8-9-10-11-12-13-14-15-16-25-36-31(27-19-17-26(2)18-20-27)30(33(38)34(36)39)32(37)28-21-23-29(35)24-22-28/h17-24,31,37H,3-16,25H2,1-2H3/b32-30-. The summed E-state index contributed by atoms with van der Waals surface area (Å²) in [5.41, 5.74) is 2.67. The van der Waals surface area contributed by atoms with E-state index in [2.05, 4.69) is 22.9 Å². The Bertz CT molecular complexity index is 1070. The van der Waals surface area contributed by atoms with Crippen molar-refractivity contribution in [1.82, 2.24) is 4.90 Å². The smallest absolute Gasteiger partial charge is 0.295 e. The van der Waals surface area contributed by atoms with E-state index in [9.17, 15) is 14.7 Å². The third-order valence-electron chi connectivity index (χ3n) is 7.80. The molecule has 1 aliphatic heterocycles. The highest BCUT2D eigenvalue weighted by Crippen LogP contribution is 2.39. The number of benzene rings is 2. The fourth-order valence-electron chi connectivity index (χ4n) is 5.45. The molecule has 0 radical (unpaired) electrons. The third-order valence-corrected chi connectivity index (χ3v) is 8.33. The van der Waals surface area contributed by atoms with Gasteiger partial charge in [-0.3, -0.25) is 9.59 Å². The van der Waals surface area contributed by atoms with Crippen molar-refractivity contribution < 1.29 is 14.7 Å². The zero-order valence-electron chi connectivity index (χ0n) is 23.9. The Hall–Kier alpha value is -2.40. The van der Waals surface area contributed by atoms with Gasteiger partial charge in [0.05, 0.1) is 11.6 Å². The van der Waals surface area contributed by atoms with Gasteiger partial charge >= 0.3 is 0 Å². The molecule has 212 valence electrons. The van der Waals surface area contributed by atoms with Gasteiger partial charge in [0.25, 0.3) is 11.7 Å². The summed E-state index contributed by atoms with van der Waals surface area (Å²) in [6.45, 7) is 4.79. The summed E-state index contributed by atoms with van der Waals surface area (Å²) in [5.74, 6) is -1.24. The minimum atomic E-state index is -0.605. The first-order valence-corrected chi connectivity index (χ1v) is 15.8. The summed E-state index contributed by atoms with van der Waals surface area (Å²) in [4.78, 5) is 28.0. The van der Waals surface area contributed by atoms with Gasteiger partial charge in [-0.25, -0.2) is 0 Å². The maximum Gasteiger partial charge on any atom is 0.295 e. The molecular formula is C34H46BrNO3. The number of unbranched alkanes of at least 4 members (excludes halogenated alkanes) is 13. The number of likely N-dealkylation sites (tertiary alicyclic amines) is 1. The summed E-state index contributed by atoms with van der Waals surface area (Å²) < 4.78 is 0.882. The van der Waals surface area contributed by atoms with Crippen molar-refractivity contribution in [3.63, 3.8) is 0 Å². The van der Waals surface area contributed by atoms with Crippen LogP contribution in [-0.4, -0.2) is 28.2 Å². The van der Waals surface area contributed by atoms with Gasteiger partial charge in [-0.1, -0.05) is 148 Å². The Morgan fingerprint density at radius 2 is 1.23 bits per heavy atom. The molecule has 2 aromatic carbocycles. The normalized spacial score (nSPS) is 16.8. The van der Waals surface area contributed by atoms with Crippen LogP contribution in [0.1, 0.15) is 120 Å². The number of hydrogen-bond donors (Lipinski definition) is 1. The van der Waals surface area contributed by atoms with Crippen LogP contribution in [0.15, 0.2) is 58.6 Å². The van der Waals surface area contributed by atoms with Crippen molar-refractivity contribution >= 4 is 33.4 Å². The molecule has 0 spiro atoms. The van der Waals surface area contributed by atoms with Gasteiger partial charge in [0.1, 0.15) is 5.76 Å². The van der Waals surface area contributed by atoms with E-state index in [0.717, 1.165) is 34.9 Å². The van der Waals surface area contributed by atoms with Gasteiger partial charge in [-0.2, -0.15) is 0 Å². The maximum atomic E-state index is 13.2. The summed E-state index contributed by atoms with van der Waals surface area (Å²) in [6, 6.07) is 14.5. The van der Waals surface area contributed by atoms with Crippen LogP contribution in [0.3, 0.4) is 0 Å². The van der Waals surface area contributed by atoms with Crippen molar-refractivity contribution in [2.45, 2.75) is 110 Å². The van der Waals surface area contributed by atoms with Crippen LogP contribution in [0.4, 0.5) is 0 Å². The number of nitrogens with zero attached hydrogens (tertiary/aromatic N) is 1. The van der Waals surface area contributed by atoms with E-state index in [-0.39, 0.29) is 11.3 Å². The number of carbonyl (C=O) groups excluding carboxylic acids is 2. The van der Waals surface area contributed by atoms with Gasteiger partial charge in [0.15, 0.2) is 0 Å². The Morgan fingerprint density at radius 3 is 1.74 bits per heavy atom. The van der Waals surface area contributed by atoms with Gasteiger partial charge in [-0.15, -0.1) is 0 Å². The molecule has 39 heavy (non-hydrogen) atoms. The summed E-state index contributed by atoms with van der Waals surface area (Å²) in [6.07, 6.45) is 17.8. The number of aliphatic hydroxyl groups is 1. The van der Waals surface area contributed by atoms with Crippen molar-refractivity contribution in [3.8, 4) is 0 Å². The van der Waals surface area contributed by atoms with Gasteiger partial charge in [-0.05, 0) is 31.0 Å². The average molecular weight is 597 g/mol. The highest BCUT2D eigenvalue weighted by molar-refractivity contribution is 9.10. The van der Waals surface area contributed by atoms with E-state index in [4.69, 9.17) is 0 Å². The van der Waals surface area contributed by atoms with Crippen LogP contribution in [-0.2, 0) is 9.59 Å². The molecule has 1 atom stereocenters. The lowest BCUT2D eigenvalue weighted by Gasteiger charge is -2.25. The zero-order valence-corrected chi connectivity index (χ0v) is 25.5. The monoisotopic (exact) mass is 595 g/mol. The summed E-state index contributed by atoms with van der Waals surface area (Å²) >= 11 is 3.41. The van der Waals surface area contributed by atoms with Crippen LogP contribution in [0, 0.1) is 6.92 Å². The SMILES string of the molecule is CCCCCCCCCCCCCCCCN1C(=O)C(=O)/C(=C(\O)c2ccc(Br)cc2)C1c1ccc(C)cc1. The minimum Gasteiger partial charge on any atom is -0.507 e. The van der Waals surface area contributed by atoms with E-state index in [1.165, 1.54) is 70.6 Å². The highest BCUT2D eigenvalue weighted by Gasteiger charge is 2.45. The van der Waals surface area contributed by atoms with Crippen LogP contribution in [0.2, 0.25) is 0 Å². The van der Waals surface area contributed by atoms with E-state index in [1.54, 1.807) is 17.0 Å². The maximum absolute atomic E-state index is 13.2. The number of amides is 1. The number of aliphatic hydroxyl groups excluding tert-OH is 1. The van der Waals surface area contributed by atoms with E-state index in [1.807, 2.05) is 43.3 Å². The molecule has 0 aliphatic carbocycles. The highest BCUT2D eigenvalue weighted by atomic mass is 79.9. The predicted molar refractivity (Wildman–Crippen MR) is 165 cm³/mol. The number of carbonyl (C=O) groups is 2. The van der Waals surface area contributed by atoms with Crippen LogP contribution in [0.5, 0.6) is 0 Å². The lowest BCUT2D eigenvalue weighted by Crippen LogP contribution is -2.30. The van der Waals surface area contributed by atoms with Crippen LogP contribution in [0.25, 0.3) is 5.76 Å². The minimum absolute atomic E-state index is 0.116. The van der Waals surface area contributed by atoms with Crippen molar-refractivity contribution in [3.05, 3.63) is 75.3 Å². The quantitative estimate of drug-likeness (QED) is 0.0856. The third kappa shape index (κ3) is 9.34. The Kier molecular flexibility index (Phi) is 13.3. The number of aryl methyl sites for hydroxylation is 1. The number of hydrogen-bond acceptors (Lipinski definition) is 3. The molecule has 0 saturated carbocycles. The van der Waals surface area contributed by atoms with Gasteiger partial charge in [0, 0.05) is 16.6 Å². The molecule has 1 amide bonds. The molecule has 0 aromatic heterocycles. The van der Waals surface area contributed by atoms with Gasteiger partial charge < -0.3 is 10.0 Å². The van der Waals surface area contributed by atoms with Gasteiger partial charge in [0.2, 0.25) is 0 Å². The molecular weight excluding hydrogens is 550 g/mol. The van der Waals surface area contributed by atoms with E-state index < -0.39 is 17.7 Å². The second-order valence-electron chi connectivity index (χ2n) is 11.0. The Labute approximate surface area is 244 Å². The first kappa shape index (κ1) is 31.1. The molecule has 4 nitrogen and oxygen atoms in total. The fourth-order valence-corrected chi connectivity index (χ4v) is 5.71. The average Bonchev–Trinajstić information content (AvgIpc) is 3.18. The fraction of sp³-hybridized carbons (Fsp3) is 0.529. The summed E-state index contributed by atoms with van der Waals surface area (Å²) in [5, 5.41) is 11.2. The molecule has 2 aromatic rings. The molecule has 1 heterocycles. The van der Waals surface area contributed by atoms with Crippen molar-refractivity contribution in [2.24, 2.45) is 0 Å². The zero-order chi connectivity index (χ0) is 28.0. The molecule has 3 rings (SSSR count). The number of Topliss-reactive ketones (excluding diaryl/α,β-unsaturated/α-hetero) is 1. The Balaban J connectivity index is 1.52. The van der Waals surface area contributed by atoms with Crippen LogP contribution >= 0.6 is 15.9 Å². The molecule has 1 unspecified atom stereocenters. The second-order valence-corrected chi connectivity index (χ2v) is 11.9. The largest absolute Gasteiger partial charge is 0.507 e. The number of ketones is 1. The molecule has 1 aliphatic rings. The predicted octanol–water partition coefficient (Wildman–Crippen LogP) is 9.66. The topological polar surface area (TPSA) is 57.6 Å². The summed E-state index contributed by atoms with van der Waals surface area (Å²) in [7, 11) is 0. The lowest BCUT2D eigenvalue weighted by atomic mass is 9.94. The molecule has 1 saturated heterocycles. The van der Waals surface area contributed by atoms with Crippen molar-refractivity contribution in [1.29, 1.82) is 0 Å². The van der Waals surface area contributed by atoms with Crippen LogP contribution < -0.4 is 0 Å². The molecule has 1 fully saturated rings. The number of rotatable bonds is 17. The first-order valence-electron chi connectivity index (χ1n) is 15.0. The first-order chi connectivity index (χ1) is 18.9. The van der Waals surface area contributed by atoms with Crippen molar-refractivity contribution in [2.75, 3.05) is 6.54 Å². The molecule has 5 heteroatoms. The van der Waals surface area contributed by atoms with E-state index in [0.29, 0.717) is 12.1 Å². The van der Waals surface area contributed by atoms with E-state index >= 15 is 0 Å². The molecule has 1 N–H and O–H groups in total. The number of halogens is 1. The second kappa shape index (κ2) is 16.6.